The van der Waals surface area contributed by atoms with Crippen LogP contribution in [0.25, 0.3) is 0 Å². The summed E-state index contributed by atoms with van der Waals surface area (Å²) in [6.07, 6.45) is 4.60. The van der Waals surface area contributed by atoms with Crippen LogP contribution >= 0.6 is 0 Å². The van der Waals surface area contributed by atoms with E-state index in [0.717, 1.165) is 41.8 Å². The van der Waals surface area contributed by atoms with Crippen LogP contribution in [-0.4, -0.2) is 59.6 Å². The van der Waals surface area contributed by atoms with Gasteiger partial charge in [0.1, 0.15) is 5.75 Å². The molecule has 0 spiro atoms. The van der Waals surface area contributed by atoms with E-state index in [-0.39, 0.29) is 24.3 Å². The zero-order chi connectivity index (χ0) is 26.7. The molecule has 1 fully saturated rings. The van der Waals surface area contributed by atoms with Gasteiger partial charge in [0.05, 0.1) is 20.2 Å². The molecule has 1 saturated carbocycles. The first kappa shape index (κ1) is 27.5. The van der Waals surface area contributed by atoms with E-state index in [2.05, 4.69) is 16.7 Å². The summed E-state index contributed by atoms with van der Waals surface area (Å²) < 4.78 is 13.0. The second kappa shape index (κ2) is 13.8. The number of carbonyl (C=O) groups is 2. The third-order valence-corrected chi connectivity index (χ3v) is 6.82. The van der Waals surface area contributed by atoms with E-state index >= 15 is 0 Å². The van der Waals surface area contributed by atoms with Crippen molar-refractivity contribution < 1.29 is 19.1 Å². The van der Waals surface area contributed by atoms with Crippen LogP contribution in [0.1, 0.15) is 43.0 Å². The molecular weight excluding hydrogens is 478 g/mol. The van der Waals surface area contributed by atoms with Gasteiger partial charge in [-0.3, -0.25) is 9.59 Å². The van der Waals surface area contributed by atoms with E-state index in [1.807, 2.05) is 72.6 Å². The van der Waals surface area contributed by atoms with Crippen molar-refractivity contribution in [3.05, 3.63) is 89.7 Å². The molecule has 1 aliphatic rings. The number of methoxy groups -OCH3 is 1. The smallest absolute Gasteiger partial charge is 0.242 e. The Morgan fingerprint density at radius 3 is 2.47 bits per heavy atom. The first-order valence-electron chi connectivity index (χ1n) is 13.5. The van der Waals surface area contributed by atoms with Crippen LogP contribution in [0.15, 0.2) is 72.9 Å². The lowest BCUT2D eigenvalue weighted by molar-refractivity contribution is -0.142. The van der Waals surface area contributed by atoms with Gasteiger partial charge in [-0.15, -0.1) is 0 Å². The molecule has 202 valence electrons. The largest absolute Gasteiger partial charge is 0.497 e. The Morgan fingerprint density at radius 1 is 0.947 bits per heavy atom. The Balaban J connectivity index is 1.50. The van der Waals surface area contributed by atoms with Gasteiger partial charge in [0.25, 0.3) is 0 Å². The van der Waals surface area contributed by atoms with Crippen LogP contribution in [0.2, 0.25) is 0 Å². The molecule has 3 aromatic rings. The number of amides is 2. The number of benzene rings is 2. The number of hydrogen-bond donors (Lipinski definition) is 0. The third-order valence-electron chi connectivity index (χ3n) is 6.82. The van der Waals surface area contributed by atoms with Crippen LogP contribution in [0, 0.1) is 5.92 Å². The summed E-state index contributed by atoms with van der Waals surface area (Å²) in [4.78, 5) is 30.4. The van der Waals surface area contributed by atoms with Gasteiger partial charge in [-0.2, -0.15) is 0 Å². The van der Waals surface area contributed by atoms with Crippen molar-refractivity contribution in [3.63, 3.8) is 0 Å². The second-order valence-electron chi connectivity index (χ2n) is 9.80. The van der Waals surface area contributed by atoms with E-state index in [9.17, 15) is 9.59 Å². The van der Waals surface area contributed by atoms with E-state index in [0.29, 0.717) is 39.4 Å². The molecule has 7 nitrogen and oxygen atoms in total. The maximum atomic E-state index is 13.7. The van der Waals surface area contributed by atoms with Crippen molar-refractivity contribution in [2.75, 3.05) is 33.4 Å². The average Bonchev–Trinajstić information content (AvgIpc) is 3.71. The summed E-state index contributed by atoms with van der Waals surface area (Å²) in [6, 6.07) is 22.1. The first-order chi connectivity index (χ1) is 18.6. The predicted octanol–water partition coefficient (Wildman–Crippen LogP) is 4.74. The molecule has 38 heavy (non-hydrogen) atoms. The molecule has 2 aromatic carbocycles. The van der Waals surface area contributed by atoms with Crippen molar-refractivity contribution in [1.29, 1.82) is 0 Å². The minimum absolute atomic E-state index is 0.0478. The molecule has 4 rings (SSSR count). The second-order valence-corrected chi connectivity index (χ2v) is 9.80. The fourth-order valence-electron chi connectivity index (χ4n) is 4.57. The number of aromatic nitrogens is 1. The average molecular weight is 518 g/mol. The molecule has 0 bridgehead atoms. The fourth-order valence-corrected chi connectivity index (χ4v) is 4.57. The summed E-state index contributed by atoms with van der Waals surface area (Å²) in [6.45, 7) is 5.43. The molecule has 7 heteroatoms. The van der Waals surface area contributed by atoms with Crippen molar-refractivity contribution >= 4 is 11.8 Å². The van der Waals surface area contributed by atoms with E-state index in [1.54, 1.807) is 12.0 Å². The molecule has 0 unspecified atom stereocenters. The maximum Gasteiger partial charge on any atom is 0.242 e. The summed E-state index contributed by atoms with van der Waals surface area (Å²) in [5.74, 6) is 0.934. The molecule has 2 amide bonds. The lowest BCUT2D eigenvalue weighted by Crippen LogP contribution is -2.43. The van der Waals surface area contributed by atoms with E-state index < -0.39 is 0 Å². The fraction of sp³-hybridized carbons (Fsp3) is 0.419. The van der Waals surface area contributed by atoms with Gasteiger partial charge in [-0.25, -0.2) is 0 Å². The van der Waals surface area contributed by atoms with Crippen LogP contribution in [0.5, 0.6) is 5.75 Å². The van der Waals surface area contributed by atoms with Crippen molar-refractivity contribution in [2.24, 2.45) is 5.92 Å². The van der Waals surface area contributed by atoms with Gasteiger partial charge in [-0.05, 0) is 61.6 Å². The van der Waals surface area contributed by atoms with Crippen LogP contribution in [0.4, 0.5) is 0 Å². The molecule has 0 radical (unpaired) electrons. The molecule has 1 aliphatic carbocycles. The van der Waals surface area contributed by atoms with Crippen molar-refractivity contribution in [2.45, 2.75) is 45.8 Å². The summed E-state index contributed by atoms with van der Waals surface area (Å²) >= 11 is 0. The minimum atomic E-state index is -0.0478. The van der Waals surface area contributed by atoms with E-state index in [1.165, 1.54) is 0 Å². The number of carbonyl (C=O) groups excluding carboxylic acids is 2. The highest BCUT2D eigenvalue weighted by Gasteiger charge is 2.34. The Bertz CT molecular complexity index is 1170. The lowest BCUT2D eigenvalue weighted by atomic mass is 10.2. The normalized spacial score (nSPS) is 12.8. The Morgan fingerprint density at radius 2 is 1.74 bits per heavy atom. The van der Waals surface area contributed by atoms with Gasteiger partial charge in [0, 0.05) is 50.7 Å². The van der Waals surface area contributed by atoms with Crippen LogP contribution in [0.3, 0.4) is 0 Å². The molecule has 1 aromatic heterocycles. The van der Waals surface area contributed by atoms with Gasteiger partial charge < -0.3 is 23.8 Å². The number of ether oxygens (including phenoxy) is 2. The van der Waals surface area contributed by atoms with Gasteiger partial charge >= 0.3 is 0 Å². The highest BCUT2D eigenvalue weighted by Crippen LogP contribution is 2.31. The van der Waals surface area contributed by atoms with Gasteiger partial charge in [0.2, 0.25) is 11.8 Å². The van der Waals surface area contributed by atoms with Gasteiger partial charge in [0.15, 0.2) is 0 Å². The monoisotopic (exact) mass is 517 g/mol. The quantitative estimate of drug-likeness (QED) is 0.273. The molecule has 0 aliphatic heterocycles. The highest BCUT2D eigenvalue weighted by molar-refractivity contribution is 5.87. The Hall–Kier alpha value is -3.58. The van der Waals surface area contributed by atoms with Crippen LogP contribution in [-0.2, 0) is 34.0 Å². The summed E-state index contributed by atoms with van der Waals surface area (Å²) in [7, 11) is 1.67. The number of nitrogens with zero attached hydrogens (tertiary/aromatic N) is 3. The van der Waals surface area contributed by atoms with Crippen molar-refractivity contribution in [1.82, 2.24) is 14.4 Å². The van der Waals surface area contributed by atoms with Gasteiger partial charge in [-0.1, -0.05) is 42.5 Å². The summed E-state index contributed by atoms with van der Waals surface area (Å²) in [5, 5.41) is 0. The van der Waals surface area contributed by atoms with E-state index in [4.69, 9.17) is 9.47 Å². The number of rotatable bonds is 15. The zero-order valence-electron chi connectivity index (χ0n) is 22.6. The SMILES string of the molecule is CCOCCCN(CC(=O)N(Cc1ccccc1)Cc1cccn1Cc1cccc(OC)c1)C(=O)C1CC1. The molecule has 0 atom stereocenters. The zero-order valence-corrected chi connectivity index (χ0v) is 22.6. The standard InChI is InChI=1S/C31H39N3O4/c1-3-38-19-9-18-33(31(36)27-15-16-27)24-30(35)34(21-25-10-5-4-6-11-25)23-28-13-8-17-32(28)22-26-12-7-14-29(20-26)37-2/h4-8,10-14,17,20,27H,3,9,15-16,18-19,21-24H2,1-2H3. The van der Waals surface area contributed by atoms with Crippen LogP contribution < -0.4 is 4.74 Å². The van der Waals surface area contributed by atoms with Crippen molar-refractivity contribution in [3.8, 4) is 5.75 Å². The maximum absolute atomic E-state index is 13.7. The Labute approximate surface area is 226 Å². The topological polar surface area (TPSA) is 64.0 Å². The number of hydrogen-bond acceptors (Lipinski definition) is 4. The Kier molecular flexibility index (Phi) is 9.98. The highest BCUT2D eigenvalue weighted by atomic mass is 16.5. The molecule has 0 saturated heterocycles. The first-order valence-corrected chi connectivity index (χ1v) is 13.5. The molecule has 0 N–H and O–H groups in total. The summed E-state index contributed by atoms with van der Waals surface area (Å²) in [5.41, 5.74) is 3.22. The minimum Gasteiger partial charge on any atom is -0.497 e. The lowest BCUT2D eigenvalue weighted by Gasteiger charge is -2.28. The molecular formula is C31H39N3O4. The third kappa shape index (κ3) is 7.96. The molecule has 1 heterocycles. The predicted molar refractivity (Wildman–Crippen MR) is 148 cm³/mol.